The Bertz CT molecular complexity index is 857. The quantitative estimate of drug-likeness (QED) is 0.725. The van der Waals surface area contributed by atoms with Crippen molar-refractivity contribution in [3.63, 3.8) is 0 Å². The Kier molecular flexibility index (Phi) is 6.63. The number of nitrogens with zero attached hydrogens (tertiary/aromatic N) is 2. The maximum atomic E-state index is 12.7. The summed E-state index contributed by atoms with van der Waals surface area (Å²) < 4.78 is 11.0. The third-order valence-electron chi connectivity index (χ3n) is 4.03. The van der Waals surface area contributed by atoms with Gasteiger partial charge in [0.2, 0.25) is 0 Å². The summed E-state index contributed by atoms with van der Waals surface area (Å²) in [5, 5.41) is 1.15. The predicted octanol–water partition coefficient (Wildman–Crippen LogP) is 4.69. The highest BCUT2D eigenvalue weighted by atomic mass is 35.5. The molecule has 1 aliphatic rings. The molecule has 0 saturated carbocycles. The normalized spacial score (nSPS) is 15.7. The number of amides is 1. The fourth-order valence-electron chi connectivity index (χ4n) is 2.65. The second kappa shape index (κ2) is 9.15. The van der Waals surface area contributed by atoms with Gasteiger partial charge in [-0.1, -0.05) is 41.6 Å². The van der Waals surface area contributed by atoms with Gasteiger partial charge in [0, 0.05) is 12.3 Å². The van der Waals surface area contributed by atoms with E-state index in [1.165, 1.54) is 0 Å². The van der Waals surface area contributed by atoms with E-state index in [0.717, 1.165) is 17.7 Å². The first-order chi connectivity index (χ1) is 13.1. The molecule has 0 spiro atoms. The van der Waals surface area contributed by atoms with Gasteiger partial charge in [-0.15, -0.1) is 0 Å². The highest BCUT2D eigenvalue weighted by Crippen LogP contribution is 2.31. The third kappa shape index (κ3) is 4.96. The molecule has 0 N–H and O–H groups in total. The van der Waals surface area contributed by atoms with Crippen molar-refractivity contribution in [3.05, 3.63) is 53.1 Å². The molecular formula is C20H21ClN2O3S. The molecule has 27 heavy (non-hydrogen) atoms. The molecule has 0 atom stereocenters. The molecule has 2 aromatic carbocycles. The molecule has 1 amide bonds. The van der Waals surface area contributed by atoms with E-state index in [-0.39, 0.29) is 12.5 Å². The van der Waals surface area contributed by atoms with Crippen molar-refractivity contribution in [2.75, 3.05) is 26.0 Å². The van der Waals surface area contributed by atoms with Gasteiger partial charge in [-0.25, -0.2) is 4.99 Å². The van der Waals surface area contributed by atoms with Gasteiger partial charge in [-0.3, -0.25) is 9.69 Å². The van der Waals surface area contributed by atoms with Crippen molar-refractivity contribution >= 4 is 40.1 Å². The number of hydrogen-bond donors (Lipinski definition) is 0. The molecule has 1 fully saturated rings. The van der Waals surface area contributed by atoms with Crippen LogP contribution < -0.4 is 9.47 Å². The highest BCUT2D eigenvalue weighted by Gasteiger charge is 2.24. The monoisotopic (exact) mass is 404 g/mol. The maximum Gasteiger partial charge on any atom is 0.266 e. The summed E-state index contributed by atoms with van der Waals surface area (Å²) >= 11 is 7.65. The standard InChI is InChI=1S/C20H21ClN2O3S/c1-14-8-9-18(25-2)16(12-14)22-20-23(10-5-11-27-20)19(24)13-26-17-7-4-3-6-15(17)21/h3-4,6-9,12H,5,10-11,13H2,1-2H3. The molecule has 5 nitrogen and oxygen atoms in total. The molecule has 142 valence electrons. The molecule has 0 unspecified atom stereocenters. The summed E-state index contributed by atoms with van der Waals surface area (Å²) in [5.41, 5.74) is 1.79. The second-order valence-electron chi connectivity index (χ2n) is 6.04. The van der Waals surface area contributed by atoms with E-state index in [0.29, 0.717) is 33.9 Å². The largest absolute Gasteiger partial charge is 0.494 e. The number of rotatable bonds is 5. The second-order valence-corrected chi connectivity index (χ2v) is 7.51. The van der Waals surface area contributed by atoms with Crippen molar-refractivity contribution in [1.82, 2.24) is 4.90 Å². The fraction of sp³-hybridized carbons (Fsp3) is 0.300. The molecular weight excluding hydrogens is 384 g/mol. The number of aryl methyl sites for hydroxylation is 1. The highest BCUT2D eigenvalue weighted by molar-refractivity contribution is 8.13. The number of halogens is 1. The Labute approximate surface area is 168 Å². The molecule has 7 heteroatoms. The van der Waals surface area contributed by atoms with Crippen LogP contribution >= 0.6 is 23.4 Å². The van der Waals surface area contributed by atoms with Gasteiger partial charge >= 0.3 is 0 Å². The van der Waals surface area contributed by atoms with E-state index in [4.69, 9.17) is 26.1 Å². The zero-order valence-corrected chi connectivity index (χ0v) is 16.8. The molecule has 0 aromatic heterocycles. The van der Waals surface area contributed by atoms with Gasteiger partial charge in [0.05, 0.1) is 12.1 Å². The Balaban J connectivity index is 1.78. The average Bonchev–Trinajstić information content (AvgIpc) is 2.68. The van der Waals surface area contributed by atoms with Crippen LogP contribution in [0.25, 0.3) is 0 Å². The minimum atomic E-state index is -0.146. The summed E-state index contributed by atoms with van der Waals surface area (Å²) in [7, 11) is 1.61. The Hall–Kier alpha value is -2.18. The number of thioether (sulfide) groups is 1. The van der Waals surface area contributed by atoms with Crippen LogP contribution in [-0.4, -0.2) is 42.0 Å². The zero-order chi connectivity index (χ0) is 19.2. The van der Waals surface area contributed by atoms with Crippen molar-refractivity contribution in [2.24, 2.45) is 4.99 Å². The van der Waals surface area contributed by atoms with Gasteiger partial charge in [0.15, 0.2) is 11.8 Å². The SMILES string of the molecule is COc1ccc(C)cc1N=C1SCCCN1C(=O)COc1ccccc1Cl. The molecule has 0 aliphatic carbocycles. The average molecular weight is 405 g/mol. The predicted molar refractivity (Wildman–Crippen MR) is 111 cm³/mol. The number of ether oxygens (including phenoxy) is 2. The van der Waals surface area contributed by atoms with Crippen molar-refractivity contribution in [1.29, 1.82) is 0 Å². The van der Waals surface area contributed by atoms with Gasteiger partial charge < -0.3 is 9.47 Å². The van der Waals surface area contributed by atoms with E-state index < -0.39 is 0 Å². The lowest BCUT2D eigenvalue weighted by Crippen LogP contribution is -2.41. The fourth-order valence-corrected chi connectivity index (χ4v) is 3.81. The lowest BCUT2D eigenvalue weighted by atomic mass is 10.2. The van der Waals surface area contributed by atoms with Gasteiger partial charge in [-0.05, 0) is 43.2 Å². The number of benzene rings is 2. The first kappa shape index (κ1) is 19.6. The van der Waals surface area contributed by atoms with Gasteiger partial charge in [0.1, 0.15) is 17.2 Å². The number of hydrogen-bond acceptors (Lipinski definition) is 5. The van der Waals surface area contributed by atoms with Crippen LogP contribution in [0, 0.1) is 6.92 Å². The molecule has 1 aliphatic heterocycles. The smallest absolute Gasteiger partial charge is 0.266 e. The van der Waals surface area contributed by atoms with Crippen LogP contribution in [0.4, 0.5) is 5.69 Å². The molecule has 3 rings (SSSR count). The number of amidine groups is 1. The lowest BCUT2D eigenvalue weighted by Gasteiger charge is -2.28. The minimum Gasteiger partial charge on any atom is -0.494 e. The van der Waals surface area contributed by atoms with E-state index >= 15 is 0 Å². The molecule has 0 radical (unpaired) electrons. The van der Waals surface area contributed by atoms with Crippen LogP contribution in [0.5, 0.6) is 11.5 Å². The molecule has 1 saturated heterocycles. The van der Waals surface area contributed by atoms with E-state index in [1.54, 1.807) is 35.9 Å². The van der Waals surface area contributed by atoms with Gasteiger partial charge in [0.25, 0.3) is 5.91 Å². The van der Waals surface area contributed by atoms with Crippen molar-refractivity contribution in [3.8, 4) is 11.5 Å². The van der Waals surface area contributed by atoms with Crippen LogP contribution in [0.15, 0.2) is 47.5 Å². The minimum absolute atomic E-state index is 0.0890. The number of aliphatic imine (C=N–C) groups is 1. The maximum absolute atomic E-state index is 12.7. The Morgan fingerprint density at radius 2 is 2.07 bits per heavy atom. The number of carbonyl (C=O) groups excluding carboxylic acids is 1. The molecule has 0 bridgehead atoms. The van der Waals surface area contributed by atoms with Crippen molar-refractivity contribution in [2.45, 2.75) is 13.3 Å². The summed E-state index contributed by atoms with van der Waals surface area (Å²) in [6.07, 6.45) is 0.909. The van der Waals surface area contributed by atoms with Crippen LogP contribution in [0.3, 0.4) is 0 Å². The topological polar surface area (TPSA) is 51.1 Å². The van der Waals surface area contributed by atoms with Crippen LogP contribution in [0.2, 0.25) is 5.02 Å². The summed E-state index contributed by atoms with van der Waals surface area (Å²) in [6.45, 7) is 2.52. The summed E-state index contributed by atoms with van der Waals surface area (Å²) in [6, 6.07) is 12.9. The molecule has 1 heterocycles. The first-order valence-electron chi connectivity index (χ1n) is 8.62. The number of carbonyl (C=O) groups is 1. The zero-order valence-electron chi connectivity index (χ0n) is 15.3. The van der Waals surface area contributed by atoms with E-state index in [2.05, 4.69) is 0 Å². The Morgan fingerprint density at radius 1 is 1.26 bits per heavy atom. The first-order valence-corrected chi connectivity index (χ1v) is 9.98. The van der Waals surface area contributed by atoms with E-state index in [1.807, 2.05) is 37.3 Å². The summed E-state index contributed by atoms with van der Waals surface area (Å²) in [4.78, 5) is 19.1. The number of methoxy groups -OCH3 is 1. The number of para-hydroxylation sites is 1. The lowest BCUT2D eigenvalue weighted by molar-refractivity contribution is -0.129. The van der Waals surface area contributed by atoms with Crippen molar-refractivity contribution < 1.29 is 14.3 Å². The Morgan fingerprint density at radius 3 is 2.85 bits per heavy atom. The van der Waals surface area contributed by atoms with Crippen LogP contribution in [0.1, 0.15) is 12.0 Å². The van der Waals surface area contributed by atoms with Crippen LogP contribution in [-0.2, 0) is 4.79 Å². The third-order valence-corrected chi connectivity index (χ3v) is 5.40. The molecule has 2 aromatic rings. The van der Waals surface area contributed by atoms with E-state index in [9.17, 15) is 4.79 Å². The van der Waals surface area contributed by atoms with Gasteiger partial charge in [-0.2, -0.15) is 0 Å². The summed E-state index contributed by atoms with van der Waals surface area (Å²) in [5.74, 6) is 1.95.